The van der Waals surface area contributed by atoms with Gasteiger partial charge < -0.3 is 15.5 Å². The van der Waals surface area contributed by atoms with Crippen LogP contribution in [-0.2, 0) is 4.79 Å². The van der Waals surface area contributed by atoms with Gasteiger partial charge >= 0.3 is 0 Å². The van der Waals surface area contributed by atoms with Crippen molar-refractivity contribution in [3.63, 3.8) is 0 Å². The highest BCUT2D eigenvalue weighted by atomic mass is 19.1. The monoisotopic (exact) mass is 441 g/mol. The van der Waals surface area contributed by atoms with Crippen molar-refractivity contribution in [1.82, 2.24) is 4.90 Å². The smallest absolute Gasteiger partial charge is 0.256 e. The van der Waals surface area contributed by atoms with E-state index < -0.39 is 17.5 Å². The number of benzene rings is 2. The van der Waals surface area contributed by atoms with Crippen molar-refractivity contribution in [2.24, 2.45) is 5.92 Å². The lowest BCUT2D eigenvalue weighted by molar-refractivity contribution is -0.121. The number of halogens is 2. The summed E-state index contributed by atoms with van der Waals surface area (Å²) < 4.78 is 27.0. The minimum atomic E-state index is -0.865. The normalized spacial score (nSPS) is 17.8. The molecule has 1 saturated carbocycles. The number of rotatable bonds is 5. The molecule has 0 atom stereocenters. The van der Waals surface area contributed by atoms with E-state index in [0.717, 1.165) is 17.4 Å². The minimum Gasteiger partial charge on any atom is -0.382 e. The molecule has 1 aliphatic heterocycles. The van der Waals surface area contributed by atoms with Crippen LogP contribution in [0.5, 0.6) is 0 Å². The van der Waals surface area contributed by atoms with E-state index in [0.29, 0.717) is 38.0 Å². The van der Waals surface area contributed by atoms with Crippen LogP contribution < -0.4 is 10.6 Å². The zero-order valence-electron chi connectivity index (χ0n) is 18.1. The molecule has 7 heteroatoms. The molecule has 2 aliphatic rings. The second-order valence-corrected chi connectivity index (χ2v) is 8.74. The molecule has 0 bridgehead atoms. The summed E-state index contributed by atoms with van der Waals surface area (Å²) in [7, 11) is 0. The largest absolute Gasteiger partial charge is 0.382 e. The van der Waals surface area contributed by atoms with E-state index in [9.17, 15) is 18.4 Å². The third kappa shape index (κ3) is 5.44. The van der Waals surface area contributed by atoms with Gasteiger partial charge in [-0.2, -0.15) is 0 Å². The number of nitrogens with one attached hydrogen (secondary N) is 2. The predicted octanol–water partition coefficient (Wildman–Crippen LogP) is 5.20. The van der Waals surface area contributed by atoms with Crippen molar-refractivity contribution in [1.29, 1.82) is 0 Å². The van der Waals surface area contributed by atoms with Crippen LogP contribution in [0, 0.1) is 17.6 Å². The first-order chi connectivity index (χ1) is 15.5. The number of amides is 2. The van der Waals surface area contributed by atoms with Gasteiger partial charge in [0.15, 0.2) is 0 Å². The fourth-order valence-corrected chi connectivity index (χ4v) is 4.55. The van der Waals surface area contributed by atoms with E-state index in [1.165, 1.54) is 43.1 Å². The highest BCUT2D eigenvalue weighted by Crippen LogP contribution is 2.24. The van der Waals surface area contributed by atoms with Gasteiger partial charge in [-0.15, -0.1) is 0 Å². The molecular weight excluding hydrogens is 412 g/mol. The van der Waals surface area contributed by atoms with Crippen LogP contribution in [0.3, 0.4) is 0 Å². The molecule has 2 amide bonds. The van der Waals surface area contributed by atoms with Crippen LogP contribution in [0.15, 0.2) is 42.5 Å². The summed E-state index contributed by atoms with van der Waals surface area (Å²) >= 11 is 0. The average molecular weight is 442 g/mol. The Morgan fingerprint density at radius 3 is 2.16 bits per heavy atom. The molecule has 5 nitrogen and oxygen atoms in total. The molecule has 170 valence electrons. The van der Waals surface area contributed by atoms with Crippen LogP contribution in [0.1, 0.15) is 55.3 Å². The molecule has 32 heavy (non-hydrogen) atoms. The second kappa shape index (κ2) is 10.1. The number of likely N-dealkylation sites (tertiary alicyclic amines) is 1. The molecule has 0 radical (unpaired) electrons. The lowest BCUT2D eigenvalue weighted by Gasteiger charge is -2.31. The van der Waals surface area contributed by atoms with Crippen molar-refractivity contribution < 1.29 is 18.4 Å². The van der Waals surface area contributed by atoms with Gasteiger partial charge in [0, 0.05) is 42.5 Å². The van der Waals surface area contributed by atoms with Gasteiger partial charge in [-0.1, -0.05) is 19.3 Å². The highest BCUT2D eigenvalue weighted by Gasteiger charge is 2.29. The van der Waals surface area contributed by atoms with Crippen LogP contribution in [-0.4, -0.2) is 35.8 Å². The lowest BCUT2D eigenvalue weighted by atomic mass is 9.95. The zero-order chi connectivity index (χ0) is 22.5. The second-order valence-electron chi connectivity index (χ2n) is 8.74. The molecule has 1 heterocycles. The Hall–Kier alpha value is -2.96. The van der Waals surface area contributed by atoms with E-state index in [4.69, 9.17) is 0 Å². The summed E-state index contributed by atoms with van der Waals surface area (Å²) in [5, 5.41) is 6.52. The number of piperidine rings is 1. The quantitative estimate of drug-likeness (QED) is 0.670. The van der Waals surface area contributed by atoms with Gasteiger partial charge in [0.25, 0.3) is 5.91 Å². The first kappa shape index (κ1) is 22.2. The molecular formula is C25H29F2N3O2. The third-order valence-electron chi connectivity index (χ3n) is 6.44. The summed E-state index contributed by atoms with van der Waals surface area (Å²) in [4.78, 5) is 26.7. The Morgan fingerprint density at radius 1 is 0.844 bits per heavy atom. The molecule has 2 aromatic carbocycles. The number of hydrogen-bond acceptors (Lipinski definition) is 3. The van der Waals surface area contributed by atoms with E-state index >= 15 is 0 Å². The maximum absolute atomic E-state index is 13.9. The van der Waals surface area contributed by atoms with Crippen molar-refractivity contribution in [3.05, 3.63) is 59.7 Å². The molecule has 1 saturated heterocycles. The van der Waals surface area contributed by atoms with Crippen molar-refractivity contribution in [2.75, 3.05) is 23.7 Å². The summed E-state index contributed by atoms with van der Waals surface area (Å²) in [5.41, 5.74) is 1.67. The van der Waals surface area contributed by atoms with Gasteiger partial charge in [0.1, 0.15) is 11.6 Å². The maximum Gasteiger partial charge on any atom is 0.256 e. The molecule has 4 rings (SSSR count). The Bertz CT molecular complexity index is 950. The summed E-state index contributed by atoms with van der Waals surface area (Å²) in [6.45, 7) is 0.718. The van der Waals surface area contributed by atoms with E-state index in [-0.39, 0.29) is 17.4 Å². The number of nitrogens with zero attached hydrogens (tertiary/aromatic N) is 1. The highest BCUT2D eigenvalue weighted by molar-refractivity contribution is 5.95. The van der Waals surface area contributed by atoms with Crippen molar-refractivity contribution in [3.8, 4) is 0 Å². The summed E-state index contributed by atoms with van der Waals surface area (Å²) in [6, 6.07) is 11.3. The first-order valence-corrected chi connectivity index (χ1v) is 11.4. The lowest BCUT2D eigenvalue weighted by Crippen LogP contribution is -2.41. The Labute approximate surface area is 187 Å². The maximum atomic E-state index is 13.9. The van der Waals surface area contributed by atoms with E-state index in [1.807, 2.05) is 24.3 Å². The summed E-state index contributed by atoms with van der Waals surface area (Å²) in [6.07, 6.45) is 7.27. The van der Waals surface area contributed by atoms with Gasteiger partial charge in [-0.3, -0.25) is 9.59 Å². The zero-order valence-corrected chi connectivity index (χ0v) is 18.1. The molecule has 1 aliphatic carbocycles. The fourth-order valence-electron chi connectivity index (χ4n) is 4.55. The number of carbonyl (C=O) groups is 2. The SMILES string of the molecule is O=C(Nc1ccc(NC2CCCCC2)cc1)C1CCN(C(=O)c2ccc(F)cc2F)CC1. The minimum absolute atomic E-state index is 0.0712. The molecule has 0 unspecified atom stereocenters. The molecule has 2 N–H and O–H groups in total. The van der Waals surface area contributed by atoms with E-state index in [2.05, 4.69) is 10.6 Å². The summed E-state index contributed by atoms with van der Waals surface area (Å²) in [5.74, 6) is -2.33. The fraction of sp³-hybridized carbons (Fsp3) is 0.440. The molecule has 0 aromatic heterocycles. The van der Waals surface area contributed by atoms with Gasteiger partial charge in [-0.05, 0) is 62.1 Å². The third-order valence-corrected chi connectivity index (χ3v) is 6.44. The Morgan fingerprint density at radius 2 is 1.50 bits per heavy atom. The van der Waals surface area contributed by atoms with Crippen LogP contribution in [0.25, 0.3) is 0 Å². The van der Waals surface area contributed by atoms with E-state index in [1.54, 1.807) is 0 Å². The topological polar surface area (TPSA) is 61.4 Å². The molecule has 0 spiro atoms. The Kier molecular flexibility index (Phi) is 7.02. The van der Waals surface area contributed by atoms with Crippen molar-refractivity contribution >= 4 is 23.2 Å². The van der Waals surface area contributed by atoms with Crippen LogP contribution >= 0.6 is 0 Å². The average Bonchev–Trinajstić information content (AvgIpc) is 2.81. The molecule has 2 aromatic rings. The first-order valence-electron chi connectivity index (χ1n) is 11.4. The van der Waals surface area contributed by atoms with Gasteiger partial charge in [0.2, 0.25) is 5.91 Å². The van der Waals surface area contributed by atoms with Crippen molar-refractivity contribution in [2.45, 2.75) is 51.0 Å². The van der Waals surface area contributed by atoms with Gasteiger partial charge in [-0.25, -0.2) is 8.78 Å². The van der Waals surface area contributed by atoms with Crippen LogP contribution in [0.2, 0.25) is 0 Å². The predicted molar refractivity (Wildman–Crippen MR) is 121 cm³/mol. The standard InChI is InChI=1S/C25H29F2N3O2/c26-18-6-11-22(23(27)16-18)25(32)30-14-12-17(13-15-30)24(31)29-21-9-7-20(8-10-21)28-19-4-2-1-3-5-19/h6-11,16-17,19,28H,1-5,12-15H2,(H,29,31). The molecule has 2 fully saturated rings. The van der Waals surface area contributed by atoms with Gasteiger partial charge in [0.05, 0.1) is 5.56 Å². The Balaban J connectivity index is 1.26. The number of anilines is 2. The number of carbonyl (C=O) groups excluding carboxylic acids is 2. The number of hydrogen-bond donors (Lipinski definition) is 2. The van der Waals surface area contributed by atoms with Crippen LogP contribution in [0.4, 0.5) is 20.2 Å².